The third-order valence-corrected chi connectivity index (χ3v) is 4.09. The average molecular weight is 349 g/mol. The number of nitrogens with two attached hydrogens (primary N) is 1. The molecule has 1 amide bonds. The number of rotatable bonds is 5. The van der Waals surface area contributed by atoms with E-state index in [1.165, 1.54) is 17.1 Å². The topological polar surface area (TPSA) is 89.6 Å². The number of carbonyl (C=O) groups excluding carboxylic acids is 1. The molecule has 0 aliphatic heterocycles. The van der Waals surface area contributed by atoms with Crippen LogP contribution in [0.4, 0.5) is 13.2 Å². The van der Waals surface area contributed by atoms with Crippen molar-refractivity contribution in [1.82, 2.24) is 20.0 Å². The summed E-state index contributed by atoms with van der Waals surface area (Å²) in [5, 5.41) is 10.7. The molecule has 0 aliphatic rings. The molecule has 0 spiro atoms. The van der Waals surface area contributed by atoms with Gasteiger partial charge in [-0.05, 0) is 31.2 Å². The molecule has 0 saturated heterocycles. The van der Waals surface area contributed by atoms with Crippen molar-refractivity contribution in [3.05, 3.63) is 65.5 Å². The highest BCUT2D eigenvalue weighted by molar-refractivity contribution is 5.89. The Morgan fingerprint density at radius 2 is 2.12 bits per heavy atom. The lowest BCUT2D eigenvalue weighted by Gasteiger charge is -2.22. The van der Waals surface area contributed by atoms with Gasteiger partial charge in [-0.2, -0.15) is 10.2 Å². The molecule has 0 fully saturated rings. The first-order valence-electron chi connectivity index (χ1n) is 7.26. The second-order valence-electron chi connectivity index (χ2n) is 5.67. The number of H-pyrrole nitrogens is 1. The van der Waals surface area contributed by atoms with E-state index in [-0.39, 0.29) is 5.69 Å². The standard InChI is InChI=1S/C16H14F3N5O/c1-16(15(20)25,13-2-3-21-23-13)10-7-22-24(8-10)12-5-9(14(18)19)4-11(17)6-12/h2-8,14H,1H3,(H2,20,25)(H,21,23). The van der Waals surface area contributed by atoms with Crippen LogP contribution in [0.15, 0.2) is 42.9 Å². The van der Waals surface area contributed by atoms with Crippen LogP contribution in [0.2, 0.25) is 0 Å². The first-order chi connectivity index (χ1) is 11.8. The zero-order valence-corrected chi connectivity index (χ0v) is 13.1. The molecule has 2 aromatic heterocycles. The first kappa shape index (κ1) is 16.7. The predicted molar refractivity (Wildman–Crippen MR) is 82.7 cm³/mol. The van der Waals surface area contributed by atoms with Crippen molar-refractivity contribution in [2.75, 3.05) is 0 Å². The fourth-order valence-corrected chi connectivity index (χ4v) is 2.53. The number of alkyl halides is 2. The van der Waals surface area contributed by atoms with Crippen molar-refractivity contribution < 1.29 is 18.0 Å². The first-order valence-corrected chi connectivity index (χ1v) is 7.26. The maximum atomic E-state index is 13.6. The van der Waals surface area contributed by atoms with Gasteiger partial charge in [-0.3, -0.25) is 9.89 Å². The van der Waals surface area contributed by atoms with Gasteiger partial charge in [0.2, 0.25) is 5.91 Å². The number of hydrogen-bond donors (Lipinski definition) is 2. The van der Waals surface area contributed by atoms with Crippen molar-refractivity contribution in [2.45, 2.75) is 18.8 Å². The molecule has 0 radical (unpaired) electrons. The Labute approximate surface area is 140 Å². The maximum Gasteiger partial charge on any atom is 0.264 e. The summed E-state index contributed by atoms with van der Waals surface area (Å²) in [6.07, 6.45) is 1.53. The van der Waals surface area contributed by atoms with Gasteiger partial charge < -0.3 is 5.73 Å². The molecule has 6 nitrogen and oxygen atoms in total. The van der Waals surface area contributed by atoms with E-state index in [0.717, 1.165) is 18.2 Å². The third kappa shape index (κ3) is 2.88. The normalized spacial score (nSPS) is 13.8. The van der Waals surface area contributed by atoms with Gasteiger partial charge in [-0.1, -0.05) is 0 Å². The number of hydrogen-bond acceptors (Lipinski definition) is 3. The predicted octanol–water partition coefficient (Wildman–Crippen LogP) is 2.46. The molecule has 1 aromatic carbocycles. The van der Waals surface area contributed by atoms with E-state index in [9.17, 15) is 18.0 Å². The Morgan fingerprint density at radius 1 is 1.36 bits per heavy atom. The minimum Gasteiger partial charge on any atom is -0.369 e. The molecule has 3 N–H and O–H groups in total. The lowest BCUT2D eigenvalue weighted by Crippen LogP contribution is -2.39. The molecule has 130 valence electrons. The highest BCUT2D eigenvalue weighted by Gasteiger charge is 2.38. The SMILES string of the molecule is CC(C(N)=O)(c1cnn(-c2cc(F)cc(C(F)F)c2)c1)c1cc[nH]n1. The number of amides is 1. The number of aromatic nitrogens is 4. The second-order valence-corrected chi connectivity index (χ2v) is 5.67. The largest absolute Gasteiger partial charge is 0.369 e. The van der Waals surface area contributed by atoms with E-state index >= 15 is 0 Å². The molecule has 25 heavy (non-hydrogen) atoms. The van der Waals surface area contributed by atoms with Crippen LogP contribution in [-0.4, -0.2) is 25.9 Å². The van der Waals surface area contributed by atoms with Crippen LogP contribution in [0, 0.1) is 5.82 Å². The number of halogens is 3. The minimum absolute atomic E-state index is 0.107. The molecule has 1 atom stereocenters. The van der Waals surface area contributed by atoms with Crippen molar-refractivity contribution in [3.8, 4) is 5.69 Å². The minimum atomic E-state index is -2.82. The summed E-state index contributed by atoms with van der Waals surface area (Å²) in [6.45, 7) is 1.57. The van der Waals surface area contributed by atoms with Crippen molar-refractivity contribution in [2.24, 2.45) is 5.73 Å². The summed E-state index contributed by atoms with van der Waals surface area (Å²) in [4.78, 5) is 12.0. The van der Waals surface area contributed by atoms with Crippen molar-refractivity contribution in [3.63, 3.8) is 0 Å². The van der Waals surface area contributed by atoms with Crippen LogP contribution in [-0.2, 0) is 10.2 Å². The molecular formula is C16H14F3N5O. The number of benzene rings is 1. The molecule has 3 aromatic rings. The van der Waals surface area contributed by atoms with Crippen LogP contribution in [0.1, 0.15) is 30.2 Å². The van der Waals surface area contributed by atoms with E-state index in [0.29, 0.717) is 11.3 Å². The van der Waals surface area contributed by atoms with E-state index in [1.54, 1.807) is 19.2 Å². The van der Waals surface area contributed by atoms with E-state index < -0.39 is 29.1 Å². The van der Waals surface area contributed by atoms with E-state index in [4.69, 9.17) is 5.73 Å². The van der Waals surface area contributed by atoms with E-state index in [2.05, 4.69) is 15.3 Å². The summed E-state index contributed by atoms with van der Waals surface area (Å²) < 4.78 is 40.5. The average Bonchev–Trinajstić information content (AvgIpc) is 3.25. The summed E-state index contributed by atoms with van der Waals surface area (Å²) in [5.41, 5.74) is 4.69. The van der Waals surface area contributed by atoms with Gasteiger partial charge in [0.1, 0.15) is 11.2 Å². The fraction of sp³-hybridized carbons (Fsp3) is 0.188. The summed E-state index contributed by atoms with van der Waals surface area (Å²) in [6, 6.07) is 4.55. The van der Waals surface area contributed by atoms with Gasteiger partial charge in [-0.15, -0.1) is 0 Å². The Bertz CT molecular complexity index is 906. The Hall–Kier alpha value is -3.10. The van der Waals surface area contributed by atoms with Gasteiger partial charge >= 0.3 is 0 Å². The third-order valence-electron chi connectivity index (χ3n) is 4.09. The summed E-state index contributed by atoms with van der Waals surface area (Å²) in [7, 11) is 0. The van der Waals surface area contributed by atoms with Crippen LogP contribution in [0.5, 0.6) is 0 Å². The molecule has 3 rings (SSSR count). The van der Waals surface area contributed by atoms with Crippen LogP contribution >= 0.6 is 0 Å². The smallest absolute Gasteiger partial charge is 0.264 e. The van der Waals surface area contributed by atoms with Crippen LogP contribution in [0.25, 0.3) is 5.69 Å². The number of primary amides is 1. The highest BCUT2D eigenvalue weighted by atomic mass is 19.3. The lowest BCUT2D eigenvalue weighted by atomic mass is 9.80. The lowest BCUT2D eigenvalue weighted by molar-refractivity contribution is -0.121. The molecule has 1 unspecified atom stereocenters. The fourth-order valence-electron chi connectivity index (χ4n) is 2.53. The van der Waals surface area contributed by atoms with Gasteiger partial charge in [0.25, 0.3) is 6.43 Å². The molecular weight excluding hydrogens is 335 g/mol. The highest BCUT2D eigenvalue weighted by Crippen LogP contribution is 2.31. The second kappa shape index (κ2) is 6.08. The molecule has 0 aliphatic carbocycles. The Morgan fingerprint density at radius 3 is 2.72 bits per heavy atom. The maximum absolute atomic E-state index is 13.6. The number of aromatic amines is 1. The Kier molecular flexibility index (Phi) is 4.07. The number of carbonyl (C=O) groups is 1. The van der Waals surface area contributed by atoms with Gasteiger partial charge in [-0.25, -0.2) is 17.9 Å². The molecule has 9 heteroatoms. The van der Waals surface area contributed by atoms with E-state index in [1.807, 2.05) is 0 Å². The molecule has 2 heterocycles. The number of nitrogens with one attached hydrogen (secondary N) is 1. The van der Waals surface area contributed by atoms with Crippen LogP contribution in [0.3, 0.4) is 0 Å². The Balaban J connectivity index is 2.07. The van der Waals surface area contributed by atoms with Crippen molar-refractivity contribution >= 4 is 5.91 Å². The number of nitrogens with zero attached hydrogens (tertiary/aromatic N) is 3. The quantitative estimate of drug-likeness (QED) is 0.741. The summed E-state index contributed by atoms with van der Waals surface area (Å²) >= 11 is 0. The summed E-state index contributed by atoms with van der Waals surface area (Å²) in [5.74, 6) is -1.47. The zero-order valence-electron chi connectivity index (χ0n) is 13.1. The zero-order chi connectivity index (χ0) is 18.2. The molecule has 0 saturated carbocycles. The molecule has 0 bridgehead atoms. The van der Waals surface area contributed by atoms with Crippen molar-refractivity contribution in [1.29, 1.82) is 0 Å². The van der Waals surface area contributed by atoms with Gasteiger partial charge in [0, 0.05) is 23.5 Å². The van der Waals surface area contributed by atoms with Gasteiger partial charge in [0.15, 0.2) is 0 Å². The van der Waals surface area contributed by atoms with Gasteiger partial charge in [0.05, 0.1) is 17.6 Å². The monoisotopic (exact) mass is 349 g/mol. The van der Waals surface area contributed by atoms with Crippen LogP contribution < -0.4 is 5.73 Å².